The molecule has 0 aliphatic heterocycles. The quantitative estimate of drug-likeness (QED) is 0.653. The van der Waals surface area contributed by atoms with Crippen LogP contribution in [0.3, 0.4) is 0 Å². The molecule has 0 bridgehead atoms. The van der Waals surface area contributed by atoms with Crippen LogP contribution in [0.1, 0.15) is 22.9 Å². The fourth-order valence-electron chi connectivity index (χ4n) is 2.00. The summed E-state index contributed by atoms with van der Waals surface area (Å²) in [6, 6.07) is 8.17. The number of nitrogens with zero attached hydrogens (tertiary/aromatic N) is 1. The normalized spacial score (nSPS) is 12.2. The summed E-state index contributed by atoms with van der Waals surface area (Å²) in [7, 11) is 1.43. The van der Waals surface area contributed by atoms with Gasteiger partial charge in [0.2, 0.25) is 0 Å². The molecule has 0 saturated carbocycles. The Balaban J connectivity index is 2.43. The number of nitrogens with one attached hydrogen (secondary N) is 1. The number of hydrogen-bond acceptors (Lipinski definition) is 4. The van der Waals surface area contributed by atoms with Crippen LogP contribution >= 0.6 is 0 Å². The molecule has 19 heavy (non-hydrogen) atoms. The molecule has 2 rings (SSSR count). The molecule has 0 aliphatic rings. The lowest BCUT2D eigenvalue weighted by atomic mass is 10.0. The van der Waals surface area contributed by atoms with E-state index < -0.39 is 5.82 Å². The van der Waals surface area contributed by atoms with Gasteiger partial charge in [0.15, 0.2) is 11.6 Å². The van der Waals surface area contributed by atoms with Crippen molar-refractivity contribution in [3.8, 4) is 5.75 Å². The maximum absolute atomic E-state index is 13.7. The predicted molar refractivity (Wildman–Crippen MR) is 71.1 cm³/mol. The number of methoxy groups -OCH3 is 1. The number of ether oxygens (including phenoxy) is 1. The maximum atomic E-state index is 13.7. The number of nitrogens with two attached hydrogens (primary N) is 1. The van der Waals surface area contributed by atoms with Crippen LogP contribution in [0.15, 0.2) is 36.5 Å². The van der Waals surface area contributed by atoms with E-state index in [0.29, 0.717) is 5.56 Å². The van der Waals surface area contributed by atoms with Gasteiger partial charge < -0.3 is 4.74 Å². The van der Waals surface area contributed by atoms with Crippen molar-refractivity contribution in [2.24, 2.45) is 5.84 Å². The molecule has 0 spiro atoms. The van der Waals surface area contributed by atoms with Gasteiger partial charge in [-0.1, -0.05) is 12.1 Å². The third-order valence-electron chi connectivity index (χ3n) is 3.00. The number of hydrogen-bond donors (Lipinski definition) is 2. The van der Waals surface area contributed by atoms with Crippen molar-refractivity contribution in [3.05, 3.63) is 59.2 Å². The predicted octanol–water partition coefficient (Wildman–Crippen LogP) is 2.09. The molecule has 0 amide bonds. The molecule has 0 fully saturated rings. The van der Waals surface area contributed by atoms with Gasteiger partial charge in [-0.05, 0) is 36.2 Å². The molecule has 5 heteroatoms. The van der Waals surface area contributed by atoms with Crippen LogP contribution < -0.4 is 16.0 Å². The number of benzene rings is 1. The molecule has 4 nitrogen and oxygen atoms in total. The first-order valence-corrected chi connectivity index (χ1v) is 5.88. The number of pyridine rings is 1. The van der Waals surface area contributed by atoms with E-state index in [1.807, 2.05) is 19.1 Å². The first kappa shape index (κ1) is 13.5. The van der Waals surface area contributed by atoms with Gasteiger partial charge in [0.05, 0.1) is 18.8 Å². The Morgan fingerprint density at radius 1 is 1.37 bits per heavy atom. The van der Waals surface area contributed by atoms with Gasteiger partial charge in [0, 0.05) is 6.20 Å². The minimum absolute atomic E-state index is 0.206. The summed E-state index contributed by atoms with van der Waals surface area (Å²) in [5.74, 6) is 5.37. The van der Waals surface area contributed by atoms with Crippen LogP contribution in [0.2, 0.25) is 0 Å². The molecule has 1 atom stereocenters. The number of rotatable bonds is 4. The van der Waals surface area contributed by atoms with Gasteiger partial charge in [-0.25, -0.2) is 9.82 Å². The van der Waals surface area contributed by atoms with E-state index in [9.17, 15) is 4.39 Å². The van der Waals surface area contributed by atoms with E-state index in [2.05, 4.69) is 10.4 Å². The number of halogens is 1. The topological polar surface area (TPSA) is 60.2 Å². The lowest BCUT2D eigenvalue weighted by Gasteiger charge is -2.18. The summed E-state index contributed by atoms with van der Waals surface area (Å²) in [5, 5.41) is 0. The van der Waals surface area contributed by atoms with Crippen molar-refractivity contribution in [2.45, 2.75) is 13.0 Å². The molecule has 100 valence electrons. The van der Waals surface area contributed by atoms with Gasteiger partial charge in [-0.2, -0.15) is 0 Å². The largest absolute Gasteiger partial charge is 0.494 e. The molecular formula is C14H16FN3O. The number of hydrazine groups is 1. The standard InChI is InChI=1S/C14H16FN3O/c1-9-4-3-7-17-13(9)14(18-16)10-5-6-12(19-2)11(15)8-10/h3-8,14,18H,16H2,1-2H3. The van der Waals surface area contributed by atoms with Crippen LogP contribution in [0.5, 0.6) is 5.75 Å². The van der Waals surface area contributed by atoms with Gasteiger partial charge >= 0.3 is 0 Å². The highest BCUT2D eigenvalue weighted by Crippen LogP contribution is 2.26. The van der Waals surface area contributed by atoms with Gasteiger partial charge in [0.1, 0.15) is 0 Å². The van der Waals surface area contributed by atoms with Crippen molar-refractivity contribution < 1.29 is 9.13 Å². The Hall–Kier alpha value is -1.98. The summed E-state index contributed by atoms with van der Waals surface area (Å²) >= 11 is 0. The molecule has 2 aromatic rings. The van der Waals surface area contributed by atoms with Gasteiger partial charge in [0.25, 0.3) is 0 Å². The molecule has 0 aliphatic carbocycles. The summed E-state index contributed by atoms with van der Waals surface area (Å²) in [4.78, 5) is 4.30. The maximum Gasteiger partial charge on any atom is 0.165 e. The lowest BCUT2D eigenvalue weighted by molar-refractivity contribution is 0.385. The molecule has 0 radical (unpaired) electrons. The van der Waals surface area contributed by atoms with Crippen molar-refractivity contribution in [2.75, 3.05) is 7.11 Å². The molecule has 1 aromatic carbocycles. The highest BCUT2D eigenvalue weighted by atomic mass is 19.1. The zero-order valence-corrected chi connectivity index (χ0v) is 10.9. The second kappa shape index (κ2) is 5.77. The second-order valence-corrected chi connectivity index (χ2v) is 4.20. The fraction of sp³-hybridized carbons (Fsp3) is 0.214. The van der Waals surface area contributed by atoms with E-state index >= 15 is 0 Å². The summed E-state index contributed by atoms with van der Waals surface area (Å²) in [6.45, 7) is 1.94. The Kier molecular flexibility index (Phi) is 4.09. The zero-order chi connectivity index (χ0) is 13.8. The Bertz CT molecular complexity index is 574. The average Bonchev–Trinajstić information content (AvgIpc) is 2.42. The fourth-order valence-corrected chi connectivity index (χ4v) is 2.00. The lowest BCUT2D eigenvalue weighted by Crippen LogP contribution is -2.30. The number of aryl methyl sites for hydroxylation is 1. The van der Waals surface area contributed by atoms with Crippen molar-refractivity contribution >= 4 is 0 Å². The van der Waals surface area contributed by atoms with Crippen LogP contribution in [0.25, 0.3) is 0 Å². The van der Waals surface area contributed by atoms with Crippen molar-refractivity contribution in [1.82, 2.24) is 10.4 Å². The summed E-state index contributed by atoms with van der Waals surface area (Å²) in [6.07, 6.45) is 1.69. The average molecular weight is 261 g/mol. The van der Waals surface area contributed by atoms with Crippen LogP contribution in [0, 0.1) is 12.7 Å². The minimum atomic E-state index is -0.422. The monoisotopic (exact) mass is 261 g/mol. The second-order valence-electron chi connectivity index (χ2n) is 4.20. The van der Waals surface area contributed by atoms with Crippen LogP contribution in [-0.2, 0) is 0 Å². The number of aromatic nitrogens is 1. The Morgan fingerprint density at radius 2 is 2.16 bits per heavy atom. The highest BCUT2D eigenvalue weighted by molar-refractivity contribution is 5.36. The third kappa shape index (κ3) is 2.72. The van der Waals surface area contributed by atoms with E-state index in [1.165, 1.54) is 13.2 Å². The van der Waals surface area contributed by atoms with Crippen molar-refractivity contribution in [1.29, 1.82) is 0 Å². The van der Waals surface area contributed by atoms with E-state index in [4.69, 9.17) is 10.6 Å². The third-order valence-corrected chi connectivity index (χ3v) is 3.00. The molecule has 1 heterocycles. The molecule has 0 saturated heterocycles. The minimum Gasteiger partial charge on any atom is -0.494 e. The molecule has 1 unspecified atom stereocenters. The van der Waals surface area contributed by atoms with Crippen molar-refractivity contribution in [3.63, 3.8) is 0 Å². The molecule has 1 aromatic heterocycles. The highest BCUT2D eigenvalue weighted by Gasteiger charge is 2.17. The first-order chi connectivity index (χ1) is 9.17. The van der Waals surface area contributed by atoms with E-state index in [0.717, 1.165) is 11.3 Å². The molecular weight excluding hydrogens is 245 g/mol. The molecule has 3 N–H and O–H groups in total. The van der Waals surface area contributed by atoms with Gasteiger partial charge in [-0.3, -0.25) is 10.8 Å². The van der Waals surface area contributed by atoms with E-state index in [-0.39, 0.29) is 11.8 Å². The van der Waals surface area contributed by atoms with E-state index in [1.54, 1.807) is 18.3 Å². The van der Waals surface area contributed by atoms with Crippen LogP contribution in [0.4, 0.5) is 4.39 Å². The Morgan fingerprint density at radius 3 is 2.74 bits per heavy atom. The smallest absolute Gasteiger partial charge is 0.165 e. The van der Waals surface area contributed by atoms with Crippen LogP contribution in [-0.4, -0.2) is 12.1 Å². The summed E-state index contributed by atoms with van der Waals surface area (Å²) in [5.41, 5.74) is 5.13. The van der Waals surface area contributed by atoms with Gasteiger partial charge in [-0.15, -0.1) is 0 Å². The summed E-state index contributed by atoms with van der Waals surface area (Å²) < 4.78 is 18.6. The zero-order valence-electron chi connectivity index (χ0n) is 10.9. The first-order valence-electron chi connectivity index (χ1n) is 5.88. The Labute approximate surface area is 111 Å². The SMILES string of the molecule is COc1ccc(C(NN)c2ncccc2C)cc1F.